The average Bonchev–Trinajstić information content (AvgIpc) is 2.29. The number of aliphatic imine (C=N–C) groups is 1. The molecule has 0 bridgehead atoms. The summed E-state index contributed by atoms with van der Waals surface area (Å²) in [6.07, 6.45) is 2.95. The predicted molar refractivity (Wildman–Crippen MR) is 50.4 cm³/mol. The van der Waals surface area contributed by atoms with Crippen molar-refractivity contribution < 1.29 is 9.53 Å². The average molecular weight is 184 g/mol. The molecule has 74 valence electrons. The number of nitrogens with two attached hydrogens (primary N) is 1. The largest absolute Gasteiger partial charge is 0.369 e. The molecule has 2 N–H and O–H groups in total. The maximum absolute atomic E-state index is 10.4. The number of primary amides is 1. The molecule has 1 fully saturated rings. The van der Waals surface area contributed by atoms with Gasteiger partial charge < -0.3 is 10.5 Å². The Labute approximate surface area is 78.2 Å². The predicted octanol–water partition coefficient (Wildman–Crippen LogP) is 0.704. The van der Waals surface area contributed by atoms with E-state index in [1.165, 1.54) is 0 Å². The third-order valence-corrected chi connectivity index (χ3v) is 2.11. The maximum Gasteiger partial charge on any atom is 0.222 e. The van der Waals surface area contributed by atoms with Crippen LogP contribution in [0.1, 0.15) is 26.7 Å². The smallest absolute Gasteiger partial charge is 0.222 e. The van der Waals surface area contributed by atoms with Crippen LogP contribution in [0.2, 0.25) is 0 Å². The van der Waals surface area contributed by atoms with Crippen LogP contribution in [0.3, 0.4) is 0 Å². The Morgan fingerprint density at radius 1 is 1.69 bits per heavy atom. The quantitative estimate of drug-likeness (QED) is 0.656. The first kappa shape index (κ1) is 10.2. The number of hydrogen-bond acceptors (Lipinski definition) is 3. The zero-order chi connectivity index (χ0) is 9.84. The number of rotatable bonds is 3. The lowest BCUT2D eigenvalue weighted by Gasteiger charge is -2.08. The van der Waals surface area contributed by atoms with E-state index in [4.69, 9.17) is 10.5 Å². The first-order chi connectivity index (χ1) is 6.09. The Bertz CT molecular complexity index is 216. The number of amides is 1. The summed E-state index contributed by atoms with van der Waals surface area (Å²) in [5, 5.41) is 0. The lowest BCUT2D eigenvalue weighted by atomic mass is 10.1. The van der Waals surface area contributed by atoms with Crippen LogP contribution in [0, 0.1) is 5.92 Å². The van der Waals surface area contributed by atoms with Crippen molar-refractivity contribution in [2.45, 2.75) is 39.0 Å². The van der Waals surface area contributed by atoms with E-state index in [2.05, 4.69) is 11.9 Å². The van der Waals surface area contributed by atoms with Crippen molar-refractivity contribution in [1.82, 2.24) is 0 Å². The molecule has 1 aliphatic rings. The van der Waals surface area contributed by atoms with Gasteiger partial charge in [0.15, 0.2) is 6.23 Å². The van der Waals surface area contributed by atoms with Crippen LogP contribution in [0.15, 0.2) is 4.99 Å². The lowest BCUT2D eigenvalue weighted by Crippen LogP contribution is -2.14. The van der Waals surface area contributed by atoms with Gasteiger partial charge in [-0.25, -0.2) is 0 Å². The highest BCUT2D eigenvalue weighted by Crippen LogP contribution is 2.26. The number of carbonyl (C=O) groups is 1. The zero-order valence-corrected chi connectivity index (χ0v) is 8.06. The van der Waals surface area contributed by atoms with Crippen LogP contribution in [0.4, 0.5) is 0 Å². The Morgan fingerprint density at radius 2 is 2.38 bits per heavy atom. The number of carbonyl (C=O) groups excluding carboxylic acids is 1. The standard InChI is InChI=1S/C9H16N2O2/c1-6-5-7(2)13-9(6)11-4-3-8(10)12/h4,6-7,9H,3,5H2,1-2H3,(H2,10,12). The van der Waals surface area contributed by atoms with Gasteiger partial charge in [-0.05, 0) is 13.3 Å². The molecule has 0 radical (unpaired) electrons. The first-order valence-corrected chi connectivity index (χ1v) is 4.55. The summed E-state index contributed by atoms with van der Waals surface area (Å²) in [7, 11) is 0. The highest BCUT2D eigenvalue weighted by Gasteiger charge is 2.28. The molecule has 4 nitrogen and oxygen atoms in total. The van der Waals surface area contributed by atoms with E-state index < -0.39 is 0 Å². The highest BCUT2D eigenvalue weighted by atomic mass is 16.5. The summed E-state index contributed by atoms with van der Waals surface area (Å²) >= 11 is 0. The molecule has 0 aromatic rings. The molecule has 0 aliphatic carbocycles. The van der Waals surface area contributed by atoms with Gasteiger partial charge in [0, 0.05) is 12.1 Å². The maximum atomic E-state index is 10.4. The highest BCUT2D eigenvalue weighted by molar-refractivity contribution is 5.88. The van der Waals surface area contributed by atoms with Crippen molar-refractivity contribution in [1.29, 1.82) is 0 Å². The molecule has 1 aliphatic heterocycles. The molecule has 1 rings (SSSR count). The molecule has 3 unspecified atom stereocenters. The van der Waals surface area contributed by atoms with E-state index in [1.54, 1.807) is 6.21 Å². The molecule has 1 heterocycles. The molecule has 1 amide bonds. The minimum atomic E-state index is -0.359. The number of ether oxygens (including phenoxy) is 1. The summed E-state index contributed by atoms with van der Waals surface area (Å²) in [5.41, 5.74) is 4.97. The van der Waals surface area contributed by atoms with E-state index in [-0.39, 0.29) is 24.7 Å². The van der Waals surface area contributed by atoms with Crippen molar-refractivity contribution in [2.75, 3.05) is 0 Å². The molecule has 4 heteroatoms. The van der Waals surface area contributed by atoms with Gasteiger partial charge in [-0.2, -0.15) is 0 Å². The Balaban J connectivity index is 2.36. The van der Waals surface area contributed by atoms with E-state index >= 15 is 0 Å². The second kappa shape index (κ2) is 4.37. The van der Waals surface area contributed by atoms with Gasteiger partial charge in [0.05, 0.1) is 12.5 Å². The number of nitrogens with zero attached hydrogens (tertiary/aromatic N) is 1. The van der Waals surface area contributed by atoms with Crippen LogP contribution >= 0.6 is 0 Å². The van der Waals surface area contributed by atoms with Gasteiger partial charge in [-0.15, -0.1) is 0 Å². The van der Waals surface area contributed by atoms with Crippen molar-refractivity contribution in [3.8, 4) is 0 Å². The summed E-state index contributed by atoms with van der Waals surface area (Å²) in [6.45, 7) is 4.12. The zero-order valence-electron chi connectivity index (χ0n) is 8.06. The molecule has 3 atom stereocenters. The van der Waals surface area contributed by atoms with Gasteiger partial charge in [-0.1, -0.05) is 6.92 Å². The monoisotopic (exact) mass is 184 g/mol. The fourth-order valence-corrected chi connectivity index (χ4v) is 1.50. The Morgan fingerprint density at radius 3 is 2.85 bits per heavy atom. The Hall–Kier alpha value is -0.900. The molecular formula is C9H16N2O2. The number of hydrogen-bond donors (Lipinski definition) is 1. The van der Waals surface area contributed by atoms with E-state index in [1.807, 2.05) is 6.92 Å². The Kier molecular flexibility index (Phi) is 3.42. The topological polar surface area (TPSA) is 64.7 Å². The molecule has 0 aromatic carbocycles. The molecule has 1 saturated heterocycles. The van der Waals surface area contributed by atoms with Gasteiger partial charge in [0.25, 0.3) is 0 Å². The van der Waals surface area contributed by atoms with Gasteiger partial charge in [0.2, 0.25) is 5.91 Å². The van der Waals surface area contributed by atoms with Crippen LogP contribution in [-0.4, -0.2) is 24.5 Å². The third-order valence-electron chi connectivity index (χ3n) is 2.11. The molecular weight excluding hydrogens is 168 g/mol. The summed E-state index contributed by atoms with van der Waals surface area (Å²) in [4.78, 5) is 14.6. The second-order valence-corrected chi connectivity index (χ2v) is 3.55. The van der Waals surface area contributed by atoms with Gasteiger partial charge in [0.1, 0.15) is 0 Å². The fraction of sp³-hybridized carbons (Fsp3) is 0.778. The van der Waals surface area contributed by atoms with E-state index in [0.29, 0.717) is 5.92 Å². The minimum Gasteiger partial charge on any atom is -0.369 e. The third kappa shape index (κ3) is 3.14. The van der Waals surface area contributed by atoms with Crippen LogP contribution < -0.4 is 5.73 Å². The van der Waals surface area contributed by atoms with Crippen LogP contribution in [0.5, 0.6) is 0 Å². The summed E-state index contributed by atoms with van der Waals surface area (Å²) < 4.78 is 5.51. The summed E-state index contributed by atoms with van der Waals surface area (Å²) in [5.74, 6) is 0.0709. The van der Waals surface area contributed by atoms with Crippen molar-refractivity contribution >= 4 is 12.1 Å². The lowest BCUT2D eigenvalue weighted by molar-refractivity contribution is -0.116. The van der Waals surface area contributed by atoms with Gasteiger partial charge >= 0.3 is 0 Å². The van der Waals surface area contributed by atoms with Crippen molar-refractivity contribution in [3.63, 3.8) is 0 Å². The van der Waals surface area contributed by atoms with Gasteiger partial charge in [-0.3, -0.25) is 9.79 Å². The molecule has 13 heavy (non-hydrogen) atoms. The normalized spacial score (nSPS) is 34.2. The van der Waals surface area contributed by atoms with Crippen molar-refractivity contribution in [2.24, 2.45) is 16.6 Å². The minimum absolute atomic E-state index is 0.0886. The fourth-order valence-electron chi connectivity index (χ4n) is 1.50. The first-order valence-electron chi connectivity index (χ1n) is 4.55. The second-order valence-electron chi connectivity index (χ2n) is 3.55. The van der Waals surface area contributed by atoms with Crippen LogP contribution in [-0.2, 0) is 9.53 Å². The van der Waals surface area contributed by atoms with Crippen molar-refractivity contribution in [3.05, 3.63) is 0 Å². The molecule has 0 saturated carbocycles. The summed E-state index contributed by atoms with van der Waals surface area (Å²) in [6, 6.07) is 0. The molecule has 0 aromatic heterocycles. The molecule has 0 spiro atoms. The van der Waals surface area contributed by atoms with E-state index in [9.17, 15) is 4.79 Å². The SMILES string of the molecule is CC1CC(C)C(N=CCC(N)=O)O1. The van der Waals surface area contributed by atoms with Crippen LogP contribution in [0.25, 0.3) is 0 Å². The van der Waals surface area contributed by atoms with E-state index in [0.717, 1.165) is 6.42 Å².